The van der Waals surface area contributed by atoms with E-state index in [1.807, 2.05) is 11.3 Å². The van der Waals surface area contributed by atoms with Crippen molar-refractivity contribution < 1.29 is 0 Å². The van der Waals surface area contributed by atoms with Gasteiger partial charge in [0.15, 0.2) is 5.13 Å². The molecule has 1 aromatic rings. The van der Waals surface area contributed by atoms with Crippen molar-refractivity contribution in [1.29, 1.82) is 0 Å². The summed E-state index contributed by atoms with van der Waals surface area (Å²) < 4.78 is 0. The van der Waals surface area contributed by atoms with Crippen molar-refractivity contribution in [2.75, 3.05) is 38.1 Å². The highest BCUT2D eigenvalue weighted by Gasteiger charge is 2.24. The van der Waals surface area contributed by atoms with Crippen LogP contribution in [0.25, 0.3) is 0 Å². The van der Waals surface area contributed by atoms with Crippen molar-refractivity contribution in [2.45, 2.75) is 39.8 Å². The first-order chi connectivity index (χ1) is 9.02. The number of piperazine rings is 1. The quantitative estimate of drug-likeness (QED) is 0.918. The number of aromatic nitrogens is 1. The number of aryl methyl sites for hydroxylation is 1. The Kier molecular flexibility index (Phi) is 4.81. The fourth-order valence-corrected chi connectivity index (χ4v) is 3.68. The third-order valence-corrected chi connectivity index (χ3v) is 5.36. The first-order valence-corrected chi connectivity index (χ1v) is 8.00. The summed E-state index contributed by atoms with van der Waals surface area (Å²) in [5.41, 5.74) is 1.18. The number of nitrogens with one attached hydrogen (secondary N) is 1. The van der Waals surface area contributed by atoms with Gasteiger partial charge in [0.1, 0.15) is 0 Å². The Morgan fingerprint density at radius 2 is 2.21 bits per heavy atom. The van der Waals surface area contributed by atoms with E-state index in [2.05, 4.69) is 49.9 Å². The molecule has 5 heteroatoms. The molecule has 1 aliphatic heterocycles. The zero-order chi connectivity index (χ0) is 14.0. The summed E-state index contributed by atoms with van der Waals surface area (Å²) in [4.78, 5) is 11.0. The molecule has 0 spiro atoms. The maximum Gasteiger partial charge on any atom is 0.185 e. The molecule has 0 amide bonds. The molecule has 2 atom stereocenters. The summed E-state index contributed by atoms with van der Waals surface area (Å²) in [7, 11) is 2.20. The molecule has 0 radical (unpaired) electrons. The topological polar surface area (TPSA) is 31.4 Å². The number of rotatable bonds is 4. The molecule has 1 fully saturated rings. The molecule has 2 unspecified atom stereocenters. The van der Waals surface area contributed by atoms with Crippen LogP contribution < -0.4 is 10.2 Å². The second kappa shape index (κ2) is 6.20. The van der Waals surface area contributed by atoms with Gasteiger partial charge in [0, 0.05) is 36.6 Å². The molecule has 0 bridgehead atoms. The second-order valence-electron chi connectivity index (χ2n) is 5.50. The molecule has 1 N–H and O–H groups in total. The van der Waals surface area contributed by atoms with E-state index in [4.69, 9.17) is 4.98 Å². The lowest BCUT2D eigenvalue weighted by molar-refractivity contribution is 0.234. The van der Waals surface area contributed by atoms with E-state index < -0.39 is 0 Å². The van der Waals surface area contributed by atoms with Crippen LogP contribution in [0.2, 0.25) is 0 Å². The molecule has 0 aromatic carbocycles. The number of thiazole rings is 1. The molecule has 2 heterocycles. The Hall–Kier alpha value is -0.650. The van der Waals surface area contributed by atoms with E-state index in [9.17, 15) is 0 Å². The predicted octanol–water partition coefficient (Wildman–Crippen LogP) is 2.26. The van der Waals surface area contributed by atoms with Gasteiger partial charge in [-0.25, -0.2) is 4.98 Å². The van der Waals surface area contributed by atoms with Gasteiger partial charge in [-0.05, 0) is 34.4 Å². The molecule has 19 heavy (non-hydrogen) atoms. The monoisotopic (exact) mass is 282 g/mol. The van der Waals surface area contributed by atoms with Crippen LogP contribution >= 0.6 is 11.3 Å². The Bertz CT molecular complexity index is 418. The lowest BCUT2D eigenvalue weighted by atomic mass is 10.2. The van der Waals surface area contributed by atoms with Crippen molar-refractivity contribution >= 4 is 16.5 Å². The number of hydrogen-bond acceptors (Lipinski definition) is 5. The van der Waals surface area contributed by atoms with E-state index in [0.717, 1.165) is 26.2 Å². The standard InChI is InChI=1S/C14H26N4S/c1-6-15-11(3)13-12(4)16-14(19-13)18-8-7-17(5)10(2)9-18/h10-11,15H,6-9H2,1-5H3. The van der Waals surface area contributed by atoms with Gasteiger partial charge in [-0.2, -0.15) is 0 Å². The molecular formula is C14H26N4S. The van der Waals surface area contributed by atoms with E-state index >= 15 is 0 Å². The van der Waals surface area contributed by atoms with Crippen molar-refractivity contribution in [2.24, 2.45) is 0 Å². The Labute approximate surface area is 120 Å². The zero-order valence-corrected chi connectivity index (χ0v) is 13.5. The molecular weight excluding hydrogens is 256 g/mol. The largest absolute Gasteiger partial charge is 0.345 e. The molecule has 1 aliphatic rings. The van der Waals surface area contributed by atoms with Gasteiger partial charge < -0.3 is 15.1 Å². The molecule has 108 valence electrons. The highest BCUT2D eigenvalue weighted by Crippen LogP contribution is 2.31. The minimum absolute atomic E-state index is 0.404. The van der Waals surface area contributed by atoms with Crippen LogP contribution in [0.15, 0.2) is 0 Å². The Balaban J connectivity index is 2.11. The van der Waals surface area contributed by atoms with Crippen LogP contribution in [0, 0.1) is 6.92 Å². The average Bonchev–Trinajstić information content (AvgIpc) is 2.75. The lowest BCUT2D eigenvalue weighted by Gasteiger charge is -2.37. The van der Waals surface area contributed by atoms with Crippen LogP contribution in [-0.2, 0) is 0 Å². The Morgan fingerprint density at radius 1 is 1.47 bits per heavy atom. The van der Waals surface area contributed by atoms with Crippen molar-refractivity contribution in [3.63, 3.8) is 0 Å². The molecule has 0 aliphatic carbocycles. The molecule has 1 aromatic heterocycles. The average molecular weight is 282 g/mol. The predicted molar refractivity (Wildman–Crippen MR) is 83.2 cm³/mol. The SMILES string of the molecule is CCNC(C)c1sc(N2CCN(C)C(C)C2)nc1C. The van der Waals surface area contributed by atoms with Gasteiger partial charge in [0.25, 0.3) is 0 Å². The fraction of sp³-hybridized carbons (Fsp3) is 0.786. The normalized spacial score (nSPS) is 22.8. The van der Waals surface area contributed by atoms with E-state index in [1.165, 1.54) is 15.7 Å². The second-order valence-corrected chi connectivity index (χ2v) is 6.51. The summed E-state index contributed by atoms with van der Waals surface area (Å²) in [5.74, 6) is 0. The maximum atomic E-state index is 4.78. The van der Waals surface area contributed by atoms with Gasteiger partial charge in [0.05, 0.1) is 5.69 Å². The van der Waals surface area contributed by atoms with Gasteiger partial charge in [0.2, 0.25) is 0 Å². The molecule has 2 rings (SSSR count). The number of likely N-dealkylation sites (N-methyl/N-ethyl adjacent to an activating group) is 1. The summed E-state index contributed by atoms with van der Waals surface area (Å²) >= 11 is 1.85. The first-order valence-electron chi connectivity index (χ1n) is 7.18. The van der Waals surface area contributed by atoms with E-state index in [0.29, 0.717) is 12.1 Å². The van der Waals surface area contributed by atoms with Crippen LogP contribution in [0.3, 0.4) is 0 Å². The van der Waals surface area contributed by atoms with Crippen molar-refractivity contribution in [1.82, 2.24) is 15.2 Å². The van der Waals surface area contributed by atoms with Gasteiger partial charge in [-0.1, -0.05) is 6.92 Å². The zero-order valence-electron chi connectivity index (χ0n) is 12.7. The van der Waals surface area contributed by atoms with Gasteiger partial charge in [-0.3, -0.25) is 0 Å². The van der Waals surface area contributed by atoms with E-state index in [1.54, 1.807) is 0 Å². The van der Waals surface area contributed by atoms with Gasteiger partial charge in [-0.15, -0.1) is 11.3 Å². The molecule has 1 saturated heterocycles. The highest BCUT2D eigenvalue weighted by molar-refractivity contribution is 7.15. The van der Waals surface area contributed by atoms with Crippen LogP contribution in [0.5, 0.6) is 0 Å². The lowest BCUT2D eigenvalue weighted by Crippen LogP contribution is -2.50. The Morgan fingerprint density at radius 3 is 2.84 bits per heavy atom. The van der Waals surface area contributed by atoms with E-state index in [-0.39, 0.29) is 0 Å². The number of anilines is 1. The van der Waals surface area contributed by atoms with Crippen LogP contribution in [-0.4, -0.2) is 49.2 Å². The van der Waals surface area contributed by atoms with Gasteiger partial charge >= 0.3 is 0 Å². The molecule has 4 nitrogen and oxygen atoms in total. The summed E-state index contributed by atoms with van der Waals surface area (Å²) in [6.45, 7) is 13.1. The van der Waals surface area contributed by atoms with Crippen LogP contribution in [0.1, 0.15) is 37.4 Å². The summed E-state index contributed by atoms with van der Waals surface area (Å²) in [5, 5.41) is 4.67. The summed E-state index contributed by atoms with van der Waals surface area (Å²) in [6.07, 6.45) is 0. The third kappa shape index (κ3) is 3.27. The van der Waals surface area contributed by atoms with Crippen LogP contribution in [0.4, 0.5) is 5.13 Å². The maximum absolute atomic E-state index is 4.78. The van der Waals surface area contributed by atoms with Crippen molar-refractivity contribution in [3.05, 3.63) is 10.6 Å². The third-order valence-electron chi connectivity index (χ3n) is 3.95. The molecule has 0 saturated carbocycles. The highest BCUT2D eigenvalue weighted by atomic mass is 32.1. The smallest absolute Gasteiger partial charge is 0.185 e. The number of hydrogen-bond donors (Lipinski definition) is 1. The fourth-order valence-electron chi connectivity index (χ4n) is 2.55. The van der Waals surface area contributed by atoms with Crippen molar-refractivity contribution in [3.8, 4) is 0 Å². The first kappa shape index (κ1) is 14.8. The summed E-state index contributed by atoms with van der Waals surface area (Å²) in [6, 6.07) is 1.01. The minimum Gasteiger partial charge on any atom is -0.345 e. The minimum atomic E-state index is 0.404. The number of nitrogens with zero attached hydrogens (tertiary/aromatic N) is 3.